The minimum absolute atomic E-state index is 0.126. The van der Waals surface area contributed by atoms with Crippen LogP contribution in [0.25, 0.3) is 0 Å². The smallest absolute Gasteiger partial charge is 0.319 e. The first kappa shape index (κ1) is 18.2. The van der Waals surface area contributed by atoms with Gasteiger partial charge < -0.3 is 20.1 Å². The summed E-state index contributed by atoms with van der Waals surface area (Å²) >= 11 is 0. The number of carbonyl (C=O) groups excluding carboxylic acids is 1. The third-order valence-electron chi connectivity index (χ3n) is 4.22. The van der Waals surface area contributed by atoms with E-state index in [1.807, 2.05) is 0 Å². The van der Waals surface area contributed by atoms with E-state index in [4.69, 9.17) is 9.47 Å². The highest BCUT2D eigenvalue weighted by molar-refractivity contribution is 5.89. The van der Waals surface area contributed by atoms with Gasteiger partial charge >= 0.3 is 6.03 Å². The maximum absolute atomic E-state index is 13.5. The third-order valence-corrected chi connectivity index (χ3v) is 4.22. The minimum atomic E-state index is -0.391. The van der Waals surface area contributed by atoms with Crippen molar-refractivity contribution < 1.29 is 18.7 Å². The normalized spacial score (nSPS) is 16.7. The molecule has 0 aliphatic carbocycles. The molecule has 26 heavy (non-hydrogen) atoms. The molecule has 0 aromatic heterocycles. The largest absolute Gasteiger partial charge is 0.491 e. The molecule has 1 aliphatic rings. The van der Waals surface area contributed by atoms with Gasteiger partial charge in [-0.05, 0) is 49.6 Å². The van der Waals surface area contributed by atoms with Crippen molar-refractivity contribution in [2.75, 3.05) is 18.5 Å². The van der Waals surface area contributed by atoms with Crippen LogP contribution in [0.15, 0.2) is 48.5 Å². The maximum Gasteiger partial charge on any atom is 0.319 e. The van der Waals surface area contributed by atoms with Gasteiger partial charge in [0, 0.05) is 24.4 Å². The standard InChI is InChI=1S/C20H23FN2O3/c21-19-7-2-1-5-15(19)13-22-20(24)23-16-8-10-17(11-9-16)26-14-18-6-3-4-12-25-18/h1-2,5,7-11,18H,3-4,6,12-14H2,(H2,22,23,24)/t18-/m1/s1. The minimum Gasteiger partial charge on any atom is -0.491 e. The van der Waals surface area contributed by atoms with Gasteiger partial charge in [0.15, 0.2) is 0 Å². The molecule has 0 unspecified atom stereocenters. The van der Waals surface area contributed by atoms with Crippen LogP contribution >= 0.6 is 0 Å². The van der Waals surface area contributed by atoms with Crippen LogP contribution in [0.3, 0.4) is 0 Å². The molecule has 0 bridgehead atoms. The highest BCUT2D eigenvalue weighted by Gasteiger charge is 2.14. The summed E-state index contributed by atoms with van der Waals surface area (Å²) in [5, 5.41) is 5.34. The molecule has 138 valence electrons. The van der Waals surface area contributed by atoms with Crippen LogP contribution in [-0.4, -0.2) is 25.3 Å². The summed E-state index contributed by atoms with van der Waals surface area (Å²) in [6.45, 7) is 1.47. The quantitative estimate of drug-likeness (QED) is 0.817. The average molecular weight is 358 g/mol. The Kier molecular flexibility index (Phi) is 6.44. The van der Waals surface area contributed by atoms with Gasteiger partial charge in [0.25, 0.3) is 0 Å². The Hall–Kier alpha value is -2.60. The van der Waals surface area contributed by atoms with Crippen molar-refractivity contribution >= 4 is 11.7 Å². The fourth-order valence-electron chi connectivity index (χ4n) is 2.76. The zero-order valence-electron chi connectivity index (χ0n) is 14.5. The van der Waals surface area contributed by atoms with Gasteiger partial charge in [-0.25, -0.2) is 9.18 Å². The van der Waals surface area contributed by atoms with E-state index in [-0.39, 0.29) is 18.5 Å². The van der Waals surface area contributed by atoms with Crippen LogP contribution in [0, 0.1) is 5.82 Å². The van der Waals surface area contributed by atoms with Crippen molar-refractivity contribution in [1.29, 1.82) is 0 Å². The Morgan fingerprint density at radius 2 is 1.96 bits per heavy atom. The van der Waals surface area contributed by atoms with E-state index in [2.05, 4.69) is 10.6 Å². The lowest BCUT2D eigenvalue weighted by molar-refractivity contribution is -0.0110. The Balaban J connectivity index is 1.43. The molecule has 1 atom stereocenters. The Labute approximate surface area is 152 Å². The van der Waals surface area contributed by atoms with E-state index in [1.165, 1.54) is 12.5 Å². The molecule has 0 spiro atoms. The summed E-state index contributed by atoms with van der Waals surface area (Å²) in [5.41, 5.74) is 1.08. The first-order valence-corrected chi connectivity index (χ1v) is 8.83. The van der Waals surface area contributed by atoms with Crippen molar-refractivity contribution in [3.8, 4) is 5.75 Å². The topological polar surface area (TPSA) is 59.6 Å². The molecule has 5 nitrogen and oxygen atoms in total. The highest BCUT2D eigenvalue weighted by atomic mass is 19.1. The second kappa shape index (κ2) is 9.20. The van der Waals surface area contributed by atoms with E-state index in [0.29, 0.717) is 17.9 Å². The predicted molar refractivity (Wildman–Crippen MR) is 97.8 cm³/mol. The second-order valence-corrected chi connectivity index (χ2v) is 6.22. The van der Waals surface area contributed by atoms with Crippen molar-refractivity contribution in [2.24, 2.45) is 0 Å². The number of amides is 2. The van der Waals surface area contributed by atoms with Gasteiger partial charge in [-0.2, -0.15) is 0 Å². The molecule has 1 fully saturated rings. The Bertz CT molecular complexity index is 715. The average Bonchev–Trinajstić information content (AvgIpc) is 2.68. The van der Waals surface area contributed by atoms with Gasteiger partial charge in [0.1, 0.15) is 18.2 Å². The van der Waals surface area contributed by atoms with Crippen LogP contribution < -0.4 is 15.4 Å². The monoisotopic (exact) mass is 358 g/mol. The number of hydrogen-bond donors (Lipinski definition) is 2. The van der Waals surface area contributed by atoms with E-state index in [0.717, 1.165) is 25.2 Å². The van der Waals surface area contributed by atoms with Crippen LogP contribution in [0.1, 0.15) is 24.8 Å². The zero-order valence-corrected chi connectivity index (χ0v) is 14.5. The fourth-order valence-corrected chi connectivity index (χ4v) is 2.76. The van der Waals surface area contributed by atoms with E-state index < -0.39 is 6.03 Å². The summed E-state index contributed by atoms with van der Waals surface area (Å²) < 4.78 is 24.9. The van der Waals surface area contributed by atoms with Gasteiger partial charge in [-0.15, -0.1) is 0 Å². The lowest BCUT2D eigenvalue weighted by atomic mass is 10.1. The first-order chi connectivity index (χ1) is 12.7. The molecule has 2 aromatic carbocycles. The van der Waals surface area contributed by atoms with Gasteiger partial charge in [0.2, 0.25) is 0 Å². The first-order valence-electron chi connectivity index (χ1n) is 8.83. The highest BCUT2D eigenvalue weighted by Crippen LogP contribution is 2.18. The molecule has 1 heterocycles. The van der Waals surface area contributed by atoms with Gasteiger partial charge in [-0.3, -0.25) is 0 Å². The third kappa shape index (κ3) is 5.46. The number of anilines is 1. The van der Waals surface area contributed by atoms with Gasteiger partial charge in [0.05, 0.1) is 6.10 Å². The lowest BCUT2D eigenvalue weighted by Gasteiger charge is -2.22. The summed E-state index contributed by atoms with van der Waals surface area (Å²) in [4.78, 5) is 11.9. The second-order valence-electron chi connectivity index (χ2n) is 6.22. The number of nitrogens with one attached hydrogen (secondary N) is 2. The molecular formula is C20H23FN2O3. The molecule has 1 aliphatic heterocycles. The summed E-state index contributed by atoms with van der Waals surface area (Å²) in [6, 6.07) is 13.1. The molecule has 2 N–H and O–H groups in total. The van der Waals surface area contributed by atoms with Gasteiger partial charge in [-0.1, -0.05) is 18.2 Å². The van der Waals surface area contributed by atoms with Crippen LogP contribution in [-0.2, 0) is 11.3 Å². The molecular weight excluding hydrogens is 335 g/mol. The van der Waals surface area contributed by atoms with Crippen LogP contribution in [0.2, 0.25) is 0 Å². The number of urea groups is 1. The van der Waals surface area contributed by atoms with E-state index >= 15 is 0 Å². The Morgan fingerprint density at radius 3 is 2.69 bits per heavy atom. The fraction of sp³-hybridized carbons (Fsp3) is 0.350. The molecule has 0 saturated carbocycles. The summed E-state index contributed by atoms with van der Waals surface area (Å²) in [5.74, 6) is 0.396. The molecule has 2 aromatic rings. The molecule has 3 rings (SSSR count). The van der Waals surface area contributed by atoms with E-state index in [9.17, 15) is 9.18 Å². The zero-order chi connectivity index (χ0) is 18.2. The van der Waals surface area contributed by atoms with Crippen molar-refractivity contribution in [2.45, 2.75) is 31.9 Å². The van der Waals surface area contributed by atoms with Crippen molar-refractivity contribution in [3.63, 3.8) is 0 Å². The number of carbonyl (C=O) groups is 1. The summed E-state index contributed by atoms with van der Waals surface area (Å²) in [7, 11) is 0. The predicted octanol–water partition coefficient (Wildman–Crippen LogP) is 4.10. The number of hydrogen-bond acceptors (Lipinski definition) is 3. The molecule has 6 heteroatoms. The van der Waals surface area contributed by atoms with E-state index in [1.54, 1.807) is 42.5 Å². The van der Waals surface area contributed by atoms with Crippen molar-refractivity contribution in [1.82, 2.24) is 5.32 Å². The van der Waals surface area contributed by atoms with Crippen molar-refractivity contribution in [3.05, 3.63) is 59.9 Å². The number of ether oxygens (including phenoxy) is 2. The summed E-state index contributed by atoms with van der Waals surface area (Å²) in [6.07, 6.45) is 3.49. The molecule has 0 radical (unpaired) electrons. The van der Waals surface area contributed by atoms with Crippen LogP contribution in [0.4, 0.5) is 14.9 Å². The Morgan fingerprint density at radius 1 is 1.15 bits per heavy atom. The SMILES string of the molecule is O=C(NCc1ccccc1F)Nc1ccc(OC[C@H]2CCCCO2)cc1. The number of rotatable bonds is 6. The maximum atomic E-state index is 13.5. The molecule has 1 saturated heterocycles. The number of halogens is 1. The molecule has 2 amide bonds. The number of benzene rings is 2. The lowest BCUT2D eigenvalue weighted by Crippen LogP contribution is -2.28. The van der Waals surface area contributed by atoms with Crippen LogP contribution in [0.5, 0.6) is 5.75 Å².